The molecule has 0 saturated carbocycles. The van der Waals surface area contributed by atoms with Gasteiger partial charge in [-0.05, 0) is 31.2 Å². The smallest absolute Gasteiger partial charge is 0.332 e. The summed E-state index contributed by atoms with van der Waals surface area (Å²) in [5, 5.41) is 7.43. The number of nitrogens with two attached hydrogens (primary N) is 1. The lowest BCUT2D eigenvalue weighted by Crippen LogP contribution is -2.31. The summed E-state index contributed by atoms with van der Waals surface area (Å²) in [6.45, 7) is 1.16. The first-order valence-corrected chi connectivity index (χ1v) is 7.41. The Hall–Kier alpha value is -1.97. The van der Waals surface area contributed by atoms with Crippen molar-refractivity contribution < 1.29 is 27.5 Å². The Kier molecular flexibility index (Phi) is 5.82. The highest BCUT2D eigenvalue weighted by molar-refractivity contribution is 7.89. The van der Waals surface area contributed by atoms with E-state index < -0.39 is 28.0 Å². The Labute approximate surface area is 122 Å². The molecule has 0 fully saturated rings. The summed E-state index contributed by atoms with van der Waals surface area (Å²) in [6.07, 6.45) is -1.01. The Morgan fingerprint density at radius 1 is 1.29 bits per heavy atom. The summed E-state index contributed by atoms with van der Waals surface area (Å²) in [5.74, 6) is -1.22. The minimum absolute atomic E-state index is 0.0694. The number of carbonyl (C=O) groups excluding carboxylic acids is 2. The summed E-state index contributed by atoms with van der Waals surface area (Å²) >= 11 is 0. The van der Waals surface area contributed by atoms with Crippen LogP contribution in [0.15, 0.2) is 29.2 Å². The lowest BCUT2D eigenvalue weighted by Gasteiger charge is -2.13. The van der Waals surface area contributed by atoms with E-state index in [1.54, 1.807) is 0 Å². The van der Waals surface area contributed by atoms with Gasteiger partial charge in [0.25, 0.3) is 5.91 Å². The summed E-state index contributed by atoms with van der Waals surface area (Å²) in [5.41, 5.74) is 0.349. The van der Waals surface area contributed by atoms with Crippen molar-refractivity contribution in [3.8, 4) is 0 Å². The minimum atomic E-state index is -3.78. The van der Waals surface area contributed by atoms with Gasteiger partial charge in [0.2, 0.25) is 10.0 Å². The molecule has 1 atom stereocenters. The Morgan fingerprint density at radius 3 is 2.33 bits per heavy atom. The number of primary sulfonamides is 1. The van der Waals surface area contributed by atoms with Gasteiger partial charge in [0.15, 0.2) is 6.10 Å². The second-order valence-electron chi connectivity index (χ2n) is 4.12. The molecule has 0 unspecified atom stereocenters. The second-order valence-corrected chi connectivity index (χ2v) is 5.69. The number of benzene rings is 1. The SMILES string of the molecule is COCC(=O)O[C@@H](C)C(=O)Nc1ccc(S(N)(=O)=O)cc1. The summed E-state index contributed by atoms with van der Waals surface area (Å²) in [7, 11) is -2.45. The Balaban J connectivity index is 2.64. The van der Waals surface area contributed by atoms with E-state index in [9.17, 15) is 18.0 Å². The molecule has 116 valence electrons. The Morgan fingerprint density at radius 2 is 1.86 bits per heavy atom. The summed E-state index contributed by atoms with van der Waals surface area (Å²) in [6, 6.07) is 5.27. The normalized spacial score (nSPS) is 12.5. The van der Waals surface area contributed by atoms with Gasteiger partial charge in [0.05, 0.1) is 4.90 Å². The number of methoxy groups -OCH3 is 1. The lowest BCUT2D eigenvalue weighted by molar-refractivity contribution is -0.156. The van der Waals surface area contributed by atoms with Crippen molar-refractivity contribution in [2.45, 2.75) is 17.9 Å². The standard InChI is InChI=1S/C12H16N2O6S/c1-8(20-11(15)7-19-2)12(16)14-9-3-5-10(6-4-9)21(13,17)18/h3-6,8H,7H2,1-2H3,(H,14,16)(H2,13,17,18)/t8-/m0/s1. The zero-order chi connectivity index (χ0) is 16.0. The van der Waals surface area contributed by atoms with Crippen LogP contribution in [0, 0.1) is 0 Å². The largest absolute Gasteiger partial charge is 0.451 e. The van der Waals surface area contributed by atoms with Crippen molar-refractivity contribution >= 4 is 27.6 Å². The fourth-order valence-electron chi connectivity index (χ4n) is 1.37. The van der Waals surface area contributed by atoms with Crippen LogP contribution in [0.2, 0.25) is 0 Å². The highest BCUT2D eigenvalue weighted by Gasteiger charge is 2.18. The van der Waals surface area contributed by atoms with Crippen LogP contribution in [0.3, 0.4) is 0 Å². The third-order valence-electron chi connectivity index (χ3n) is 2.39. The number of rotatable bonds is 6. The minimum Gasteiger partial charge on any atom is -0.451 e. The van der Waals surface area contributed by atoms with Gasteiger partial charge in [0, 0.05) is 12.8 Å². The molecule has 1 rings (SSSR count). The van der Waals surface area contributed by atoms with Gasteiger partial charge in [-0.3, -0.25) is 4.79 Å². The van der Waals surface area contributed by atoms with Gasteiger partial charge in [-0.15, -0.1) is 0 Å². The maximum absolute atomic E-state index is 11.8. The van der Waals surface area contributed by atoms with E-state index in [2.05, 4.69) is 10.1 Å². The molecule has 0 radical (unpaired) electrons. The van der Waals surface area contributed by atoms with E-state index in [0.717, 1.165) is 0 Å². The number of nitrogens with one attached hydrogen (secondary N) is 1. The molecule has 0 aliphatic carbocycles. The number of esters is 1. The molecule has 1 amide bonds. The van der Waals surface area contributed by atoms with Gasteiger partial charge in [-0.25, -0.2) is 18.4 Å². The zero-order valence-corrected chi connectivity index (χ0v) is 12.3. The fourth-order valence-corrected chi connectivity index (χ4v) is 1.89. The average molecular weight is 316 g/mol. The molecule has 3 N–H and O–H groups in total. The number of hydrogen-bond donors (Lipinski definition) is 2. The molecule has 0 aromatic heterocycles. The molecular formula is C12H16N2O6S. The summed E-state index contributed by atoms with van der Waals surface area (Å²) < 4.78 is 31.5. The fraction of sp³-hybridized carbons (Fsp3) is 0.333. The molecule has 9 heteroatoms. The number of carbonyl (C=O) groups is 2. The molecule has 0 heterocycles. The molecule has 1 aromatic rings. The molecule has 21 heavy (non-hydrogen) atoms. The highest BCUT2D eigenvalue weighted by Crippen LogP contribution is 2.13. The van der Waals surface area contributed by atoms with Crippen molar-refractivity contribution in [3.05, 3.63) is 24.3 Å². The van der Waals surface area contributed by atoms with Crippen molar-refractivity contribution in [3.63, 3.8) is 0 Å². The molecule has 0 saturated heterocycles. The lowest BCUT2D eigenvalue weighted by atomic mass is 10.3. The zero-order valence-electron chi connectivity index (χ0n) is 11.5. The molecule has 0 aliphatic heterocycles. The molecule has 1 aromatic carbocycles. The Bertz CT molecular complexity index is 611. The van der Waals surface area contributed by atoms with E-state index in [-0.39, 0.29) is 11.5 Å². The van der Waals surface area contributed by atoms with Gasteiger partial charge >= 0.3 is 5.97 Å². The molecule has 0 aliphatic rings. The van der Waals surface area contributed by atoms with E-state index >= 15 is 0 Å². The highest BCUT2D eigenvalue weighted by atomic mass is 32.2. The van der Waals surface area contributed by atoms with Crippen LogP contribution in [0.1, 0.15) is 6.92 Å². The van der Waals surface area contributed by atoms with Crippen LogP contribution in [0.4, 0.5) is 5.69 Å². The molecular weight excluding hydrogens is 300 g/mol. The van der Waals surface area contributed by atoms with E-state index in [1.165, 1.54) is 38.3 Å². The molecule has 0 bridgehead atoms. The van der Waals surface area contributed by atoms with Crippen LogP contribution in [-0.2, 0) is 29.1 Å². The van der Waals surface area contributed by atoms with Crippen LogP contribution in [-0.4, -0.2) is 40.1 Å². The number of ether oxygens (including phenoxy) is 2. The van der Waals surface area contributed by atoms with Gasteiger partial charge < -0.3 is 14.8 Å². The maximum atomic E-state index is 11.8. The van der Waals surface area contributed by atoms with Crippen molar-refractivity contribution in [1.82, 2.24) is 0 Å². The maximum Gasteiger partial charge on any atom is 0.332 e. The molecule has 0 spiro atoms. The first-order chi connectivity index (χ1) is 9.74. The van der Waals surface area contributed by atoms with E-state index in [4.69, 9.17) is 9.88 Å². The first-order valence-electron chi connectivity index (χ1n) is 5.86. The quantitative estimate of drug-likeness (QED) is 0.703. The molecule has 8 nitrogen and oxygen atoms in total. The monoisotopic (exact) mass is 316 g/mol. The predicted molar refractivity (Wildman–Crippen MR) is 73.9 cm³/mol. The number of hydrogen-bond acceptors (Lipinski definition) is 6. The van der Waals surface area contributed by atoms with Gasteiger partial charge in [0.1, 0.15) is 6.61 Å². The van der Waals surface area contributed by atoms with Crippen LogP contribution in [0.5, 0.6) is 0 Å². The number of amides is 1. The van der Waals surface area contributed by atoms with Gasteiger partial charge in [-0.1, -0.05) is 0 Å². The van der Waals surface area contributed by atoms with Crippen molar-refractivity contribution in [2.24, 2.45) is 5.14 Å². The van der Waals surface area contributed by atoms with E-state index in [0.29, 0.717) is 5.69 Å². The third-order valence-corrected chi connectivity index (χ3v) is 3.32. The van der Waals surface area contributed by atoms with Crippen LogP contribution >= 0.6 is 0 Å². The topological polar surface area (TPSA) is 125 Å². The van der Waals surface area contributed by atoms with E-state index in [1.807, 2.05) is 0 Å². The van der Waals surface area contributed by atoms with Gasteiger partial charge in [-0.2, -0.15) is 0 Å². The average Bonchev–Trinajstić information content (AvgIpc) is 2.38. The first kappa shape index (κ1) is 17.1. The van der Waals surface area contributed by atoms with Crippen molar-refractivity contribution in [2.75, 3.05) is 19.0 Å². The second kappa shape index (κ2) is 7.16. The number of sulfonamides is 1. The predicted octanol–water partition coefficient (Wildman–Crippen LogP) is -0.149. The third kappa shape index (κ3) is 5.50. The van der Waals surface area contributed by atoms with Crippen LogP contribution < -0.4 is 10.5 Å². The van der Waals surface area contributed by atoms with Crippen molar-refractivity contribution in [1.29, 1.82) is 0 Å². The van der Waals surface area contributed by atoms with Crippen LogP contribution in [0.25, 0.3) is 0 Å². The number of anilines is 1. The summed E-state index contributed by atoms with van der Waals surface area (Å²) in [4.78, 5) is 22.9.